The van der Waals surface area contributed by atoms with Gasteiger partial charge in [0.15, 0.2) is 5.78 Å². The molecular weight excluding hydrogens is 370 g/mol. The van der Waals surface area contributed by atoms with Gasteiger partial charge in [-0.05, 0) is 49.2 Å². The predicted octanol–water partition coefficient (Wildman–Crippen LogP) is 4.04. The lowest BCUT2D eigenvalue weighted by molar-refractivity contribution is -0.137. The first-order valence-corrected chi connectivity index (χ1v) is 9.75. The summed E-state index contributed by atoms with van der Waals surface area (Å²) in [6, 6.07) is 12.4. The van der Waals surface area contributed by atoms with Gasteiger partial charge in [-0.25, -0.2) is 4.79 Å². The van der Waals surface area contributed by atoms with Crippen LogP contribution in [-0.2, 0) is 4.79 Å². The molecule has 0 saturated carbocycles. The molecule has 154 valence electrons. The summed E-state index contributed by atoms with van der Waals surface area (Å²) in [7, 11) is 0. The third-order valence-corrected chi connectivity index (χ3v) is 4.35. The van der Waals surface area contributed by atoms with Crippen molar-refractivity contribution >= 4 is 17.7 Å². The fourth-order valence-electron chi connectivity index (χ4n) is 2.74. The minimum atomic E-state index is -0.839. The molecule has 0 radical (unpaired) electrons. The van der Waals surface area contributed by atoms with Crippen LogP contribution in [0.4, 0.5) is 0 Å². The molecule has 1 amide bonds. The topological polar surface area (TPSA) is 81.7 Å². The van der Waals surface area contributed by atoms with E-state index in [2.05, 4.69) is 5.32 Å². The maximum Gasteiger partial charge on any atom is 0.334 e. The first-order chi connectivity index (χ1) is 13.9. The molecule has 1 N–H and O–H groups in total. The van der Waals surface area contributed by atoms with Gasteiger partial charge < -0.3 is 14.8 Å². The SMILES string of the molecule is CCOc1ccccc1C(=O)N[C@H](C(=O)Oc1ccc(C(=O)CC)cc1)C(C)C. The highest BCUT2D eigenvalue weighted by Crippen LogP contribution is 2.19. The van der Waals surface area contributed by atoms with Gasteiger partial charge in [0.2, 0.25) is 0 Å². The lowest BCUT2D eigenvalue weighted by Crippen LogP contribution is -2.46. The molecule has 0 aliphatic rings. The zero-order valence-electron chi connectivity index (χ0n) is 17.2. The molecule has 1 atom stereocenters. The number of esters is 1. The molecule has 6 nitrogen and oxygen atoms in total. The van der Waals surface area contributed by atoms with Crippen molar-refractivity contribution in [2.24, 2.45) is 5.92 Å². The number of hydrogen-bond acceptors (Lipinski definition) is 5. The van der Waals surface area contributed by atoms with Crippen molar-refractivity contribution in [3.8, 4) is 11.5 Å². The van der Waals surface area contributed by atoms with Crippen LogP contribution in [0.15, 0.2) is 48.5 Å². The number of carbonyl (C=O) groups excluding carboxylic acids is 3. The van der Waals surface area contributed by atoms with Crippen LogP contribution >= 0.6 is 0 Å². The van der Waals surface area contributed by atoms with E-state index in [4.69, 9.17) is 9.47 Å². The molecule has 0 saturated heterocycles. The molecule has 0 aromatic heterocycles. The molecule has 0 bridgehead atoms. The van der Waals surface area contributed by atoms with Gasteiger partial charge in [-0.15, -0.1) is 0 Å². The maximum absolute atomic E-state index is 12.7. The number of nitrogens with one attached hydrogen (secondary N) is 1. The van der Waals surface area contributed by atoms with E-state index >= 15 is 0 Å². The molecule has 0 spiro atoms. The van der Waals surface area contributed by atoms with Gasteiger partial charge in [0, 0.05) is 12.0 Å². The monoisotopic (exact) mass is 397 g/mol. The molecule has 0 aliphatic carbocycles. The van der Waals surface area contributed by atoms with Crippen molar-refractivity contribution in [2.75, 3.05) is 6.61 Å². The smallest absolute Gasteiger partial charge is 0.334 e. The van der Waals surface area contributed by atoms with Crippen LogP contribution < -0.4 is 14.8 Å². The Bertz CT molecular complexity index is 858. The number of para-hydroxylation sites is 1. The van der Waals surface area contributed by atoms with Crippen LogP contribution in [0.5, 0.6) is 11.5 Å². The second kappa shape index (κ2) is 10.4. The van der Waals surface area contributed by atoms with E-state index in [0.717, 1.165) is 0 Å². The molecule has 6 heteroatoms. The number of benzene rings is 2. The number of amides is 1. The van der Waals surface area contributed by atoms with Crippen LogP contribution in [0, 0.1) is 5.92 Å². The maximum atomic E-state index is 12.7. The predicted molar refractivity (Wildman–Crippen MR) is 110 cm³/mol. The molecule has 2 aromatic carbocycles. The van der Waals surface area contributed by atoms with Gasteiger partial charge in [-0.3, -0.25) is 9.59 Å². The summed E-state index contributed by atoms with van der Waals surface area (Å²) in [6.45, 7) is 7.70. The van der Waals surface area contributed by atoms with Crippen molar-refractivity contribution in [2.45, 2.75) is 40.2 Å². The summed E-state index contributed by atoms with van der Waals surface area (Å²) in [5, 5.41) is 2.74. The van der Waals surface area contributed by atoms with Crippen LogP contribution in [-0.4, -0.2) is 30.3 Å². The molecule has 2 rings (SSSR count). The van der Waals surface area contributed by atoms with E-state index < -0.39 is 17.9 Å². The molecular formula is C23H27NO5. The van der Waals surface area contributed by atoms with Crippen LogP contribution in [0.25, 0.3) is 0 Å². The van der Waals surface area contributed by atoms with Gasteiger partial charge in [0.05, 0.1) is 12.2 Å². The van der Waals surface area contributed by atoms with Crippen LogP contribution in [0.2, 0.25) is 0 Å². The summed E-state index contributed by atoms with van der Waals surface area (Å²) >= 11 is 0. The van der Waals surface area contributed by atoms with E-state index in [1.165, 1.54) is 0 Å². The second-order valence-corrected chi connectivity index (χ2v) is 6.85. The summed E-state index contributed by atoms with van der Waals surface area (Å²) in [5.41, 5.74) is 0.920. The second-order valence-electron chi connectivity index (χ2n) is 6.85. The van der Waals surface area contributed by atoms with Crippen LogP contribution in [0.3, 0.4) is 0 Å². The highest BCUT2D eigenvalue weighted by molar-refractivity contribution is 5.99. The minimum absolute atomic E-state index is 0.0168. The Balaban J connectivity index is 2.12. The van der Waals surface area contributed by atoms with Crippen molar-refractivity contribution in [3.63, 3.8) is 0 Å². The number of Topliss-reactive ketones (excluding diaryl/α,β-unsaturated/α-hetero) is 1. The molecule has 0 fully saturated rings. The van der Waals surface area contributed by atoms with E-state index in [1.807, 2.05) is 20.8 Å². The molecule has 0 unspecified atom stereocenters. The van der Waals surface area contributed by atoms with Crippen molar-refractivity contribution < 1.29 is 23.9 Å². The normalized spacial score (nSPS) is 11.6. The van der Waals surface area contributed by atoms with Crippen molar-refractivity contribution in [1.29, 1.82) is 0 Å². The van der Waals surface area contributed by atoms with Gasteiger partial charge in [-0.1, -0.05) is 32.9 Å². The Morgan fingerprint density at radius 1 is 0.966 bits per heavy atom. The molecule has 0 heterocycles. The first-order valence-electron chi connectivity index (χ1n) is 9.75. The zero-order valence-corrected chi connectivity index (χ0v) is 17.2. The highest BCUT2D eigenvalue weighted by atomic mass is 16.5. The standard InChI is InChI=1S/C23H27NO5/c1-5-19(25)16-11-13-17(14-12-16)29-23(27)21(15(3)4)24-22(26)18-9-7-8-10-20(18)28-6-2/h7-15,21H,5-6H2,1-4H3,(H,24,26)/t21-/m0/s1. The number of carbonyl (C=O) groups is 3. The van der Waals surface area contributed by atoms with E-state index in [1.54, 1.807) is 55.5 Å². The van der Waals surface area contributed by atoms with Crippen molar-refractivity contribution in [1.82, 2.24) is 5.32 Å². The zero-order chi connectivity index (χ0) is 21.4. The fraction of sp³-hybridized carbons (Fsp3) is 0.348. The van der Waals surface area contributed by atoms with Gasteiger partial charge >= 0.3 is 5.97 Å². The van der Waals surface area contributed by atoms with E-state index in [0.29, 0.717) is 35.7 Å². The molecule has 2 aromatic rings. The number of hydrogen-bond donors (Lipinski definition) is 1. The Morgan fingerprint density at radius 2 is 1.62 bits per heavy atom. The minimum Gasteiger partial charge on any atom is -0.493 e. The Hall–Kier alpha value is -3.15. The van der Waals surface area contributed by atoms with E-state index in [9.17, 15) is 14.4 Å². The average Bonchev–Trinajstić information content (AvgIpc) is 2.72. The van der Waals surface area contributed by atoms with Gasteiger partial charge in [0.25, 0.3) is 5.91 Å². The average molecular weight is 397 g/mol. The summed E-state index contributed by atoms with van der Waals surface area (Å²) in [6.07, 6.45) is 0.407. The molecule has 29 heavy (non-hydrogen) atoms. The summed E-state index contributed by atoms with van der Waals surface area (Å²) in [5.74, 6) is -0.378. The van der Waals surface area contributed by atoms with Gasteiger partial charge in [0.1, 0.15) is 17.5 Å². The fourth-order valence-corrected chi connectivity index (χ4v) is 2.74. The highest BCUT2D eigenvalue weighted by Gasteiger charge is 2.27. The third kappa shape index (κ3) is 5.91. The largest absolute Gasteiger partial charge is 0.493 e. The Kier molecular flexibility index (Phi) is 7.95. The Labute approximate surface area is 171 Å². The van der Waals surface area contributed by atoms with Crippen molar-refractivity contribution in [3.05, 3.63) is 59.7 Å². The summed E-state index contributed by atoms with van der Waals surface area (Å²) in [4.78, 5) is 37.1. The number of ether oxygens (including phenoxy) is 2. The first kappa shape index (κ1) is 22.1. The number of ketones is 1. The Morgan fingerprint density at radius 3 is 2.21 bits per heavy atom. The third-order valence-electron chi connectivity index (χ3n) is 4.35. The quantitative estimate of drug-likeness (QED) is 0.392. The van der Waals surface area contributed by atoms with Crippen LogP contribution in [0.1, 0.15) is 54.8 Å². The lowest BCUT2D eigenvalue weighted by atomic mass is 10.0. The summed E-state index contributed by atoms with van der Waals surface area (Å²) < 4.78 is 10.9. The van der Waals surface area contributed by atoms with Gasteiger partial charge in [-0.2, -0.15) is 0 Å². The lowest BCUT2D eigenvalue weighted by Gasteiger charge is -2.21. The number of rotatable bonds is 9. The molecule has 0 aliphatic heterocycles. The van der Waals surface area contributed by atoms with E-state index in [-0.39, 0.29) is 11.7 Å².